The molecule has 1 fully saturated rings. The van der Waals surface area contributed by atoms with Gasteiger partial charge < -0.3 is 5.32 Å². The number of nitrogens with one attached hydrogen (secondary N) is 1. The SMILES string of the molecule is CCC1[C@@H]2C=C[C@H]1NC2. The van der Waals surface area contributed by atoms with Crippen LogP contribution in [0, 0.1) is 11.8 Å². The van der Waals surface area contributed by atoms with Crippen molar-refractivity contribution >= 4 is 0 Å². The summed E-state index contributed by atoms with van der Waals surface area (Å²) in [6.07, 6.45) is 6.02. The molecule has 0 aromatic rings. The monoisotopic (exact) mass is 123 g/mol. The van der Waals surface area contributed by atoms with Crippen molar-refractivity contribution < 1.29 is 0 Å². The number of rotatable bonds is 1. The molecule has 1 aliphatic carbocycles. The molecule has 0 radical (unpaired) electrons. The molecule has 0 aromatic carbocycles. The van der Waals surface area contributed by atoms with Crippen LogP contribution in [0.1, 0.15) is 13.3 Å². The maximum absolute atomic E-state index is 3.47. The molecule has 1 unspecified atom stereocenters. The highest BCUT2D eigenvalue weighted by Gasteiger charge is 2.35. The fraction of sp³-hybridized carbons (Fsp3) is 0.750. The zero-order chi connectivity index (χ0) is 6.27. The van der Waals surface area contributed by atoms with Gasteiger partial charge in [0.15, 0.2) is 0 Å². The molecule has 3 atom stereocenters. The van der Waals surface area contributed by atoms with E-state index in [1.807, 2.05) is 0 Å². The van der Waals surface area contributed by atoms with Crippen LogP contribution in [0.4, 0.5) is 0 Å². The van der Waals surface area contributed by atoms with Gasteiger partial charge in [0.1, 0.15) is 0 Å². The van der Waals surface area contributed by atoms with Gasteiger partial charge in [0.2, 0.25) is 0 Å². The Morgan fingerprint density at radius 2 is 2.44 bits per heavy atom. The smallest absolute Gasteiger partial charge is 0.0284 e. The van der Waals surface area contributed by atoms with Gasteiger partial charge in [-0.05, 0) is 11.8 Å². The zero-order valence-electron chi connectivity index (χ0n) is 5.80. The van der Waals surface area contributed by atoms with Crippen LogP contribution in [0.25, 0.3) is 0 Å². The average Bonchev–Trinajstić information content (AvgIpc) is 2.44. The normalized spacial score (nSPS) is 46.6. The number of fused-ring (bicyclic) bond motifs is 2. The summed E-state index contributed by atoms with van der Waals surface area (Å²) in [4.78, 5) is 0. The van der Waals surface area contributed by atoms with E-state index in [0.717, 1.165) is 17.9 Å². The predicted molar refractivity (Wildman–Crippen MR) is 38.2 cm³/mol. The maximum atomic E-state index is 3.47. The van der Waals surface area contributed by atoms with Crippen LogP contribution in [-0.2, 0) is 0 Å². The first-order valence-corrected chi connectivity index (χ1v) is 3.83. The largest absolute Gasteiger partial charge is 0.310 e. The van der Waals surface area contributed by atoms with Crippen LogP contribution in [0.15, 0.2) is 12.2 Å². The summed E-state index contributed by atoms with van der Waals surface area (Å²) in [5, 5.41) is 3.47. The second kappa shape index (κ2) is 1.84. The average molecular weight is 123 g/mol. The number of hydrogen-bond donors (Lipinski definition) is 1. The molecule has 1 aliphatic heterocycles. The van der Waals surface area contributed by atoms with E-state index in [1.54, 1.807) is 0 Å². The van der Waals surface area contributed by atoms with Crippen molar-refractivity contribution in [1.29, 1.82) is 0 Å². The Hall–Kier alpha value is -0.300. The summed E-state index contributed by atoms with van der Waals surface area (Å²) in [5.74, 6) is 1.78. The van der Waals surface area contributed by atoms with E-state index in [-0.39, 0.29) is 0 Å². The van der Waals surface area contributed by atoms with E-state index in [2.05, 4.69) is 24.4 Å². The van der Waals surface area contributed by atoms with Crippen molar-refractivity contribution in [2.45, 2.75) is 19.4 Å². The summed E-state index contributed by atoms with van der Waals surface area (Å²) in [6, 6.07) is 0.722. The molecule has 1 heteroatoms. The van der Waals surface area contributed by atoms with E-state index in [0.29, 0.717) is 0 Å². The minimum Gasteiger partial charge on any atom is -0.310 e. The molecule has 0 saturated carbocycles. The lowest BCUT2D eigenvalue weighted by atomic mass is 9.95. The van der Waals surface area contributed by atoms with Crippen molar-refractivity contribution in [3.63, 3.8) is 0 Å². The van der Waals surface area contributed by atoms with E-state index in [4.69, 9.17) is 0 Å². The van der Waals surface area contributed by atoms with Crippen LogP contribution in [0.3, 0.4) is 0 Å². The molecule has 1 heterocycles. The topological polar surface area (TPSA) is 12.0 Å². The van der Waals surface area contributed by atoms with Crippen LogP contribution in [-0.4, -0.2) is 12.6 Å². The van der Waals surface area contributed by atoms with Crippen molar-refractivity contribution in [2.75, 3.05) is 6.54 Å². The Balaban J connectivity index is 2.15. The highest BCUT2D eigenvalue weighted by atomic mass is 15.0. The van der Waals surface area contributed by atoms with Gasteiger partial charge in [-0.2, -0.15) is 0 Å². The second-order valence-corrected chi connectivity index (χ2v) is 3.05. The first-order chi connectivity index (χ1) is 4.42. The van der Waals surface area contributed by atoms with Crippen LogP contribution in [0.5, 0.6) is 0 Å². The lowest BCUT2D eigenvalue weighted by Crippen LogP contribution is -2.23. The van der Waals surface area contributed by atoms with Crippen LogP contribution in [0.2, 0.25) is 0 Å². The highest BCUT2D eigenvalue weighted by molar-refractivity contribution is 5.15. The van der Waals surface area contributed by atoms with E-state index >= 15 is 0 Å². The van der Waals surface area contributed by atoms with Gasteiger partial charge in [-0.15, -0.1) is 0 Å². The molecule has 0 spiro atoms. The van der Waals surface area contributed by atoms with Gasteiger partial charge in [0.25, 0.3) is 0 Å². The van der Waals surface area contributed by atoms with E-state index in [9.17, 15) is 0 Å². The van der Waals surface area contributed by atoms with Gasteiger partial charge in [0.05, 0.1) is 0 Å². The third-order valence-electron chi connectivity index (χ3n) is 2.64. The van der Waals surface area contributed by atoms with Crippen LogP contribution < -0.4 is 5.32 Å². The molecule has 50 valence electrons. The summed E-state index contributed by atoms with van der Waals surface area (Å²) < 4.78 is 0. The lowest BCUT2D eigenvalue weighted by molar-refractivity contribution is 0.463. The Bertz CT molecular complexity index is 126. The Kier molecular flexibility index (Phi) is 1.12. The maximum Gasteiger partial charge on any atom is 0.0284 e. The second-order valence-electron chi connectivity index (χ2n) is 3.05. The van der Waals surface area contributed by atoms with Crippen molar-refractivity contribution in [2.24, 2.45) is 11.8 Å². The predicted octanol–water partition coefficient (Wildman–Crippen LogP) is 1.17. The minimum absolute atomic E-state index is 0.722. The molecule has 0 aromatic heterocycles. The minimum atomic E-state index is 0.722. The summed E-state index contributed by atoms with van der Waals surface area (Å²) in [5.41, 5.74) is 0. The fourth-order valence-corrected chi connectivity index (χ4v) is 2.08. The van der Waals surface area contributed by atoms with Crippen molar-refractivity contribution in [3.05, 3.63) is 12.2 Å². The quantitative estimate of drug-likeness (QED) is 0.516. The van der Waals surface area contributed by atoms with E-state index < -0.39 is 0 Å². The Morgan fingerprint density at radius 1 is 1.56 bits per heavy atom. The van der Waals surface area contributed by atoms with Crippen molar-refractivity contribution in [1.82, 2.24) is 5.32 Å². The van der Waals surface area contributed by atoms with E-state index in [1.165, 1.54) is 13.0 Å². The zero-order valence-corrected chi connectivity index (χ0v) is 5.80. The molecule has 1 N–H and O–H groups in total. The first kappa shape index (κ1) is 5.48. The summed E-state index contributed by atoms with van der Waals surface area (Å²) >= 11 is 0. The van der Waals surface area contributed by atoms with Crippen molar-refractivity contribution in [3.8, 4) is 0 Å². The molecule has 2 bridgehead atoms. The summed E-state index contributed by atoms with van der Waals surface area (Å²) in [6.45, 7) is 3.50. The molecule has 9 heavy (non-hydrogen) atoms. The standard InChI is InChI=1S/C8H13N/c1-2-7-6-3-4-8(7)9-5-6/h3-4,6-9H,2,5H2,1H3/t6-,7?,8-/m1/s1. The third-order valence-corrected chi connectivity index (χ3v) is 2.64. The fourth-order valence-electron chi connectivity index (χ4n) is 2.08. The van der Waals surface area contributed by atoms with Crippen LogP contribution >= 0.6 is 0 Å². The molecule has 2 aliphatic rings. The molecule has 0 amide bonds. The molecule has 1 saturated heterocycles. The van der Waals surface area contributed by atoms with Gasteiger partial charge in [-0.1, -0.05) is 25.5 Å². The highest BCUT2D eigenvalue weighted by Crippen LogP contribution is 2.32. The molecular weight excluding hydrogens is 110 g/mol. The molecule has 1 nitrogen and oxygen atoms in total. The summed E-state index contributed by atoms with van der Waals surface area (Å²) in [7, 11) is 0. The Morgan fingerprint density at radius 3 is 2.67 bits per heavy atom. The molecular formula is C8H13N. The van der Waals surface area contributed by atoms with Gasteiger partial charge in [-0.25, -0.2) is 0 Å². The first-order valence-electron chi connectivity index (χ1n) is 3.83. The molecule has 2 rings (SSSR count). The van der Waals surface area contributed by atoms with Gasteiger partial charge in [0, 0.05) is 12.6 Å². The van der Waals surface area contributed by atoms with Gasteiger partial charge >= 0.3 is 0 Å². The number of hydrogen-bond acceptors (Lipinski definition) is 1. The Labute approximate surface area is 56.1 Å². The third kappa shape index (κ3) is 0.645. The lowest BCUT2D eigenvalue weighted by Gasteiger charge is -2.09. The van der Waals surface area contributed by atoms with Gasteiger partial charge in [-0.3, -0.25) is 0 Å².